The van der Waals surface area contributed by atoms with Crippen LogP contribution in [0.5, 0.6) is 0 Å². The number of rotatable bonds is 3. The Morgan fingerprint density at radius 3 is 2.62 bits per heavy atom. The molecule has 0 radical (unpaired) electrons. The number of carbonyl (C=O) groups is 1. The van der Waals surface area contributed by atoms with E-state index >= 15 is 0 Å². The number of aromatic carboxylic acids is 1. The predicted molar refractivity (Wildman–Crippen MR) is 50.4 cm³/mol. The number of H-pyrrole nitrogens is 1. The number of carboxylic acids is 1. The third-order valence-electron chi connectivity index (χ3n) is 1.53. The Morgan fingerprint density at radius 2 is 2.15 bits per heavy atom. The molecule has 1 aromatic rings. The first-order chi connectivity index (χ1) is 5.90. The van der Waals surface area contributed by atoms with Crippen molar-refractivity contribution in [1.29, 1.82) is 0 Å². The number of hydrogen-bond donors (Lipinski definition) is 2. The molecule has 2 N–H and O–H groups in total. The van der Waals surface area contributed by atoms with Crippen LogP contribution in [0.25, 0.3) is 0 Å². The second-order valence-electron chi connectivity index (χ2n) is 4.18. The number of aromatic amines is 1. The molecule has 0 unspecified atom stereocenters. The van der Waals surface area contributed by atoms with Crippen LogP contribution < -0.4 is 0 Å². The van der Waals surface area contributed by atoms with E-state index in [1.54, 1.807) is 0 Å². The van der Waals surface area contributed by atoms with Gasteiger partial charge in [-0.3, -0.25) is 5.10 Å². The predicted octanol–water partition coefficient (Wildman–Crippen LogP) is 0.923. The van der Waals surface area contributed by atoms with Crippen molar-refractivity contribution in [3.63, 3.8) is 0 Å². The lowest BCUT2D eigenvalue weighted by atomic mass is 10.3. The lowest BCUT2D eigenvalue weighted by Gasteiger charge is -2.13. The van der Waals surface area contributed by atoms with Gasteiger partial charge in [-0.2, -0.15) is 0 Å². The molecule has 0 spiro atoms. The molecule has 0 aliphatic carbocycles. The molecule has 1 rings (SSSR count). The van der Waals surface area contributed by atoms with E-state index in [2.05, 4.69) is 35.1 Å². The summed E-state index contributed by atoms with van der Waals surface area (Å²) in [5, 5.41) is 18.4. The maximum absolute atomic E-state index is 10.7. The van der Waals surface area contributed by atoms with E-state index in [-0.39, 0.29) is 5.69 Å². The van der Waals surface area contributed by atoms with Crippen molar-refractivity contribution in [2.45, 2.75) is 25.7 Å². The lowest BCUT2D eigenvalue weighted by molar-refractivity contribution is 0.0689. The van der Waals surface area contributed by atoms with Crippen molar-refractivity contribution in [1.82, 2.24) is 15.4 Å². The van der Waals surface area contributed by atoms with Crippen molar-refractivity contribution in [3.8, 4) is 0 Å². The number of hydrogen-bond acceptors (Lipinski definition) is 3. The molecule has 0 saturated heterocycles. The molecule has 0 saturated carbocycles. The number of aromatic nitrogens is 3. The fraction of sp³-hybridized carbons (Fsp3) is 0.571. The lowest BCUT2D eigenvalue weighted by Crippen LogP contribution is -2.25. The summed E-state index contributed by atoms with van der Waals surface area (Å²) in [4.78, 5) is 10.7. The first-order valence-corrected chi connectivity index (χ1v) is 7.74. The fourth-order valence-electron chi connectivity index (χ4n) is 1.07. The fourth-order valence-corrected chi connectivity index (χ4v) is 2.38. The molecule has 72 valence electrons. The van der Waals surface area contributed by atoms with Crippen LogP contribution in [0.4, 0.5) is 0 Å². The van der Waals surface area contributed by atoms with Crippen LogP contribution in [-0.2, 0) is 6.04 Å². The SMILES string of the molecule is C[Si](C)(C)Cc1[nH]nnc1C(=O)O. The van der Waals surface area contributed by atoms with Gasteiger partial charge in [-0.1, -0.05) is 24.9 Å². The van der Waals surface area contributed by atoms with Crippen molar-refractivity contribution in [2.75, 3.05) is 0 Å². The highest BCUT2D eigenvalue weighted by atomic mass is 28.3. The van der Waals surface area contributed by atoms with E-state index in [1.807, 2.05) is 0 Å². The van der Waals surface area contributed by atoms with Crippen LogP contribution in [0.15, 0.2) is 0 Å². The molecule has 0 bridgehead atoms. The monoisotopic (exact) mass is 199 g/mol. The van der Waals surface area contributed by atoms with Gasteiger partial charge in [-0.05, 0) is 6.04 Å². The van der Waals surface area contributed by atoms with Crippen LogP contribution >= 0.6 is 0 Å². The zero-order chi connectivity index (χ0) is 10.1. The van der Waals surface area contributed by atoms with Crippen LogP contribution in [0, 0.1) is 0 Å². The van der Waals surface area contributed by atoms with E-state index in [1.165, 1.54) is 0 Å². The van der Waals surface area contributed by atoms with Gasteiger partial charge in [0.25, 0.3) is 0 Å². The summed E-state index contributed by atoms with van der Waals surface area (Å²) >= 11 is 0. The Bertz CT molecular complexity index is 316. The molecule has 13 heavy (non-hydrogen) atoms. The van der Waals surface area contributed by atoms with Crippen molar-refractivity contribution >= 4 is 14.0 Å². The summed E-state index contributed by atoms with van der Waals surface area (Å²) in [5.41, 5.74) is 0.703. The molecule has 1 aromatic heterocycles. The molecular weight excluding hydrogens is 186 g/mol. The third-order valence-corrected chi connectivity index (χ3v) is 2.94. The van der Waals surface area contributed by atoms with Gasteiger partial charge in [-0.15, -0.1) is 5.10 Å². The van der Waals surface area contributed by atoms with E-state index in [0.717, 1.165) is 6.04 Å². The van der Waals surface area contributed by atoms with Gasteiger partial charge in [0.15, 0.2) is 5.69 Å². The average molecular weight is 199 g/mol. The smallest absolute Gasteiger partial charge is 0.358 e. The summed E-state index contributed by atoms with van der Waals surface area (Å²) in [7, 11) is -1.31. The number of nitrogens with one attached hydrogen (secondary N) is 1. The van der Waals surface area contributed by atoms with E-state index in [4.69, 9.17) is 5.11 Å². The molecule has 0 atom stereocenters. The van der Waals surface area contributed by atoms with Gasteiger partial charge < -0.3 is 5.11 Å². The van der Waals surface area contributed by atoms with Gasteiger partial charge >= 0.3 is 5.97 Å². The molecular formula is C7H13N3O2Si. The second kappa shape index (κ2) is 3.29. The maximum Gasteiger partial charge on any atom is 0.358 e. The summed E-state index contributed by atoms with van der Waals surface area (Å²) in [6, 6.07) is 0.766. The first-order valence-electron chi connectivity index (χ1n) is 4.03. The van der Waals surface area contributed by atoms with Gasteiger partial charge in [-0.25, -0.2) is 4.79 Å². The Balaban J connectivity index is 2.89. The Hall–Kier alpha value is -1.17. The van der Waals surface area contributed by atoms with Gasteiger partial charge in [0.05, 0.1) is 13.8 Å². The molecule has 0 amide bonds. The largest absolute Gasteiger partial charge is 0.476 e. The topological polar surface area (TPSA) is 78.9 Å². The van der Waals surface area contributed by atoms with Crippen molar-refractivity contribution in [3.05, 3.63) is 11.4 Å². The summed E-state index contributed by atoms with van der Waals surface area (Å²) in [5.74, 6) is -1.01. The van der Waals surface area contributed by atoms with Crippen molar-refractivity contribution < 1.29 is 9.90 Å². The second-order valence-corrected chi connectivity index (χ2v) is 9.66. The minimum Gasteiger partial charge on any atom is -0.476 e. The molecule has 1 heterocycles. The van der Waals surface area contributed by atoms with E-state index in [9.17, 15) is 4.79 Å². The van der Waals surface area contributed by atoms with Gasteiger partial charge in [0.2, 0.25) is 0 Å². The molecule has 5 nitrogen and oxygen atoms in total. The van der Waals surface area contributed by atoms with Crippen LogP contribution in [0.2, 0.25) is 19.6 Å². The van der Waals surface area contributed by atoms with E-state index < -0.39 is 14.0 Å². The van der Waals surface area contributed by atoms with Crippen LogP contribution in [0.1, 0.15) is 16.2 Å². The molecule has 0 aliphatic rings. The highest BCUT2D eigenvalue weighted by Gasteiger charge is 2.21. The quantitative estimate of drug-likeness (QED) is 0.709. The van der Waals surface area contributed by atoms with Crippen LogP contribution in [0.3, 0.4) is 0 Å². The standard InChI is InChI=1S/C7H13N3O2Si/c1-13(2,3)4-5-6(7(11)12)9-10-8-5/h4H2,1-3H3,(H,11,12)(H,8,9,10). The summed E-state index contributed by atoms with van der Waals surface area (Å²) in [6.45, 7) is 6.50. The maximum atomic E-state index is 10.7. The van der Waals surface area contributed by atoms with Crippen molar-refractivity contribution in [2.24, 2.45) is 0 Å². The summed E-state index contributed by atoms with van der Waals surface area (Å²) in [6.07, 6.45) is 0. The molecule has 0 aliphatic heterocycles. The minimum atomic E-state index is -1.31. The molecule has 0 aromatic carbocycles. The number of nitrogens with zero attached hydrogens (tertiary/aromatic N) is 2. The van der Waals surface area contributed by atoms with E-state index in [0.29, 0.717) is 5.69 Å². The zero-order valence-electron chi connectivity index (χ0n) is 7.96. The third kappa shape index (κ3) is 2.65. The Labute approximate surface area is 77.2 Å². The highest BCUT2D eigenvalue weighted by molar-refractivity contribution is 6.75. The minimum absolute atomic E-state index is 0.0578. The van der Waals surface area contributed by atoms with Gasteiger partial charge in [0, 0.05) is 0 Å². The molecule has 0 fully saturated rings. The Kier molecular flexibility index (Phi) is 2.51. The Morgan fingerprint density at radius 1 is 1.54 bits per heavy atom. The van der Waals surface area contributed by atoms with Gasteiger partial charge in [0.1, 0.15) is 0 Å². The summed E-state index contributed by atoms with van der Waals surface area (Å²) < 4.78 is 0. The molecule has 6 heteroatoms. The zero-order valence-corrected chi connectivity index (χ0v) is 8.96. The van der Waals surface area contributed by atoms with Crippen LogP contribution in [-0.4, -0.2) is 34.6 Å². The average Bonchev–Trinajstić information content (AvgIpc) is 2.31. The normalized spacial score (nSPS) is 11.6. The highest BCUT2D eigenvalue weighted by Crippen LogP contribution is 2.11. The number of carboxylic acid groups (broad SMARTS) is 1. The first kappa shape index (κ1) is 9.91.